The van der Waals surface area contributed by atoms with Gasteiger partial charge in [-0.2, -0.15) is 0 Å². The summed E-state index contributed by atoms with van der Waals surface area (Å²) < 4.78 is 4.94. The van der Waals surface area contributed by atoms with Crippen LogP contribution in [0.3, 0.4) is 0 Å². The highest BCUT2D eigenvalue weighted by atomic mass is 16.5. The fraction of sp³-hybridized carbons (Fsp3) is 0.941. The van der Waals surface area contributed by atoms with E-state index in [0.29, 0.717) is 19.1 Å². The first-order valence-corrected chi connectivity index (χ1v) is 8.72. The molecule has 1 atom stereocenters. The second-order valence-corrected chi connectivity index (χ2v) is 6.05. The van der Waals surface area contributed by atoms with E-state index in [1.165, 1.54) is 64.2 Å². The average Bonchev–Trinajstić information content (AvgIpc) is 2.45. The third kappa shape index (κ3) is 9.35. The second kappa shape index (κ2) is 12.2. The van der Waals surface area contributed by atoms with Crippen LogP contribution in [0.15, 0.2) is 0 Å². The molecular formula is C17H33NO2. The lowest BCUT2D eigenvalue weighted by Gasteiger charge is -2.22. The average molecular weight is 283 g/mol. The largest absolute Gasteiger partial charge is 0.466 e. The van der Waals surface area contributed by atoms with Gasteiger partial charge in [0.1, 0.15) is 0 Å². The van der Waals surface area contributed by atoms with Crippen LogP contribution >= 0.6 is 0 Å². The van der Waals surface area contributed by atoms with E-state index in [-0.39, 0.29) is 5.97 Å². The molecule has 0 saturated carbocycles. The summed E-state index contributed by atoms with van der Waals surface area (Å²) in [5.74, 6) is -0.0446. The summed E-state index contributed by atoms with van der Waals surface area (Å²) in [5.41, 5.74) is 0. The molecule has 1 rings (SSSR count). The van der Waals surface area contributed by atoms with Crippen molar-refractivity contribution in [2.45, 2.75) is 90.0 Å². The maximum Gasteiger partial charge on any atom is 0.307 e. The molecule has 1 fully saturated rings. The minimum Gasteiger partial charge on any atom is -0.466 e. The molecule has 0 aromatic carbocycles. The van der Waals surface area contributed by atoms with Crippen molar-refractivity contribution >= 4 is 5.97 Å². The van der Waals surface area contributed by atoms with Crippen LogP contribution in [-0.4, -0.2) is 25.2 Å². The molecule has 0 aliphatic carbocycles. The van der Waals surface area contributed by atoms with Crippen molar-refractivity contribution in [3.63, 3.8) is 0 Å². The minimum atomic E-state index is -0.0446. The Morgan fingerprint density at radius 3 is 2.20 bits per heavy atom. The van der Waals surface area contributed by atoms with Crippen LogP contribution in [0.25, 0.3) is 0 Å². The zero-order valence-electron chi connectivity index (χ0n) is 13.3. The molecule has 0 bridgehead atoms. The number of carbonyl (C=O) groups is 1. The van der Waals surface area contributed by atoms with Gasteiger partial charge in [-0.3, -0.25) is 4.79 Å². The number of hydrogen-bond donors (Lipinski definition) is 1. The molecule has 0 spiro atoms. The molecule has 0 aromatic heterocycles. The van der Waals surface area contributed by atoms with Crippen LogP contribution in [-0.2, 0) is 9.53 Å². The number of rotatable bonds is 12. The van der Waals surface area contributed by atoms with E-state index in [1.807, 2.05) is 0 Å². The van der Waals surface area contributed by atoms with Gasteiger partial charge >= 0.3 is 5.97 Å². The van der Waals surface area contributed by atoms with E-state index >= 15 is 0 Å². The van der Waals surface area contributed by atoms with E-state index in [9.17, 15) is 4.79 Å². The molecule has 3 heteroatoms. The molecule has 1 saturated heterocycles. The van der Waals surface area contributed by atoms with Gasteiger partial charge in [0.25, 0.3) is 0 Å². The Hall–Kier alpha value is -0.570. The number of cyclic esters (lactones) is 1. The quantitative estimate of drug-likeness (QED) is 0.431. The van der Waals surface area contributed by atoms with Crippen molar-refractivity contribution in [2.24, 2.45) is 0 Å². The standard InChI is InChI=1S/C17H33NO2/c1-2-3-4-5-6-7-8-9-10-11-13-18-16-12-14-20-17(19)15-16/h16,18H,2-15H2,1H3. The van der Waals surface area contributed by atoms with Crippen molar-refractivity contribution in [2.75, 3.05) is 13.2 Å². The molecular weight excluding hydrogens is 250 g/mol. The summed E-state index contributed by atoms with van der Waals surface area (Å²) in [4.78, 5) is 11.1. The molecule has 1 heterocycles. The number of esters is 1. The Balaban J connectivity index is 1.77. The van der Waals surface area contributed by atoms with Crippen LogP contribution in [0.2, 0.25) is 0 Å². The zero-order valence-corrected chi connectivity index (χ0v) is 13.3. The Kier molecular flexibility index (Phi) is 10.7. The van der Waals surface area contributed by atoms with Gasteiger partial charge in [-0.05, 0) is 19.4 Å². The normalized spacial score (nSPS) is 19.1. The van der Waals surface area contributed by atoms with Gasteiger partial charge in [0, 0.05) is 6.04 Å². The topological polar surface area (TPSA) is 38.3 Å². The molecule has 0 aromatic rings. The number of nitrogens with one attached hydrogen (secondary N) is 1. The third-order valence-corrected chi connectivity index (χ3v) is 4.11. The molecule has 1 unspecified atom stereocenters. The number of carbonyl (C=O) groups excluding carboxylic acids is 1. The molecule has 20 heavy (non-hydrogen) atoms. The Bertz CT molecular complexity index is 243. The van der Waals surface area contributed by atoms with Crippen molar-refractivity contribution in [1.82, 2.24) is 5.32 Å². The zero-order chi connectivity index (χ0) is 14.5. The van der Waals surface area contributed by atoms with E-state index in [1.54, 1.807) is 0 Å². The summed E-state index contributed by atoms with van der Waals surface area (Å²) in [6.45, 7) is 3.91. The first kappa shape index (κ1) is 17.5. The number of ether oxygens (including phenoxy) is 1. The van der Waals surface area contributed by atoms with Gasteiger partial charge in [-0.15, -0.1) is 0 Å². The maximum absolute atomic E-state index is 11.1. The Morgan fingerprint density at radius 2 is 1.60 bits per heavy atom. The molecule has 1 aliphatic heterocycles. The summed E-state index contributed by atoms with van der Waals surface area (Å²) in [6.07, 6.45) is 15.3. The first-order chi connectivity index (χ1) is 9.83. The summed E-state index contributed by atoms with van der Waals surface area (Å²) in [7, 11) is 0. The van der Waals surface area contributed by atoms with Crippen LogP contribution in [0, 0.1) is 0 Å². The molecule has 1 aliphatic rings. The second-order valence-electron chi connectivity index (χ2n) is 6.05. The summed E-state index contributed by atoms with van der Waals surface area (Å²) in [6, 6.07) is 0.356. The molecule has 118 valence electrons. The fourth-order valence-corrected chi connectivity index (χ4v) is 2.77. The molecule has 0 radical (unpaired) electrons. The lowest BCUT2D eigenvalue weighted by Crippen LogP contribution is -2.37. The number of hydrogen-bond acceptors (Lipinski definition) is 3. The predicted octanol–water partition coefficient (Wildman–Crippen LogP) is 4.20. The van der Waals surface area contributed by atoms with E-state index < -0.39 is 0 Å². The lowest BCUT2D eigenvalue weighted by atomic mass is 10.1. The monoisotopic (exact) mass is 283 g/mol. The Morgan fingerprint density at radius 1 is 1.00 bits per heavy atom. The maximum atomic E-state index is 11.1. The lowest BCUT2D eigenvalue weighted by molar-refractivity contribution is -0.147. The SMILES string of the molecule is CCCCCCCCCCCCNC1CCOC(=O)C1. The molecule has 1 N–H and O–H groups in total. The number of unbranched alkanes of at least 4 members (excludes halogenated alkanes) is 9. The van der Waals surface area contributed by atoms with Gasteiger partial charge in [-0.25, -0.2) is 0 Å². The highest BCUT2D eigenvalue weighted by molar-refractivity contribution is 5.70. The van der Waals surface area contributed by atoms with E-state index in [4.69, 9.17) is 4.74 Å². The van der Waals surface area contributed by atoms with Crippen molar-refractivity contribution in [3.05, 3.63) is 0 Å². The van der Waals surface area contributed by atoms with Crippen molar-refractivity contribution in [1.29, 1.82) is 0 Å². The smallest absolute Gasteiger partial charge is 0.307 e. The fourth-order valence-electron chi connectivity index (χ4n) is 2.77. The van der Waals surface area contributed by atoms with Gasteiger partial charge in [0.2, 0.25) is 0 Å². The van der Waals surface area contributed by atoms with Crippen LogP contribution < -0.4 is 5.32 Å². The van der Waals surface area contributed by atoms with Gasteiger partial charge in [0.05, 0.1) is 13.0 Å². The first-order valence-electron chi connectivity index (χ1n) is 8.72. The Labute approximate surface area is 124 Å². The van der Waals surface area contributed by atoms with Crippen molar-refractivity contribution < 1.29 is 9.53 Å². The van der Waals surface area contributed by atoms with Gasteiger partial charge < -0.3 is 10.1 Å². The van der Waals surface area contributed by atoms with Gasteiger partial charge in [0.15, 0.2) is 0 Å². The van der Waals surface area contributed by atoms with Crippen molar-refractivity contribution in [3.8, 4) is 0 Å². The molecule has 0 amide bonds. The van der Waals surface area contributed by atoms with E-state index in [0.717, 1.165) is 13.0 Å². The van der Waals surface area contributed by atoms with Crippen LogP contribution in [0.1, 0.15) is 84.0 Å². The molecule has 3 nitrogen and oxygen atoms in total. The third-order valence-electron chi connectivity index (χ3n) is 4.11. The summed E-state index contributed by atoms with van der Waals surface area (Å²) in [5, 5.41) is 3.48. The van der Waals surface area contributed by atoms with Gasteiger partial charge in [-0.1, -0.05) is 64.7 Å². The van der Waals surface area contributed by atoms with Crippen LogP contribution in [0.5, 0.6) is 0 Å². The highest BCUT2D eigenvalue weighted by Crippen LogP contribution is 2.11. The predicted molar refractivity (Wildman–Crippen MR) is 83.8 cm³/mol. The minimum absolute atomic E-state index is 0.0446. The summed E-state index contributed by atoms with van der Waals surface area (Å²) >= 11 is 0. The van der Waals surface area contributed by atoms with Crippen LogP contribution in [0.4, 0.5) is 0 Å². The van der Waals surface area contributed by atoms with E-state index in [2.05, 4.69) is 12.2 Å². The highest BCUT2D eigenvalue weighted by Gasteiger charge is 2.19.